The summed E-state index contributed by atoms with van der Waals surface area (Å²) in [5, 5.41) is 0. The zero-order valence-electron chi connectivity index (χ0n) is 13.2. The molecule has 0 aliphatic carbocycles. The van der Waals surface area contributed by atoms with Crippen molar-refractivity contribution in [3.63, 3.8) is 0 Å². The van der Waals surface area contributed by atoms with Gasteiger partial charge >= 0.3 is 82.2 Å². The van der Waals surface area contributed by atoms with Crippen LogP contribution in [-0.4, -0.2) is 43.4 Å². The maximum atomic E-state index is 12.5. The van der Waals surface area contributed by atoms with E-state index in [9.17, 15) is 36.3 Å². The summed E-state index contributed by atoms with van der Waals surface area (Å²) in [4.78, 5) is 33.2. The second-order valence-electron chi connectivity index (χ2n) is 4.24. The first-order valence-corrected chi connectivity index (χ1v) is 6.16. The van der Waals surface area contributed by atoms with Gasteiger partial charge in [-0.15, -0.1) is 0 Å². The van der Waals surface area contributed by atoms with E-state index < -0.39 is 49.8 Å². The molecule has 134 valence electrons. The van der Waals surface area contributed by atoms with Gasteiger partial charge in [0.05, 0.1) is 0 Å². The topological polar surface area (TPSA) is 78.9 Å². The molecular formula is C12H14F5O6Rb. The van der Waals surface area contributed by atoms with Crippen molar-refractivity contribution in [3.05, 3.63) is 5.92 Å². The molecule has 6 nitrogen and oxygen atoms in total. The van der Waals surface area contributed by atoms with Crippen LogP contribution in [0.1, 0.15) is 26.7 Å². The predicted octanol–water partition coefficient (Wildman–Crippen LogP) is -0.830. The number of hydrogen-bond acceptors (Lipinski definition) is 6. The van der Waals surface area contributed by atoms with Crippen LogP contribution in [0.15, 0.2) is 0 Å². The van der Waals surface area contributed by atoms with Gasteiger partial charge < -0.3 is 14.2 Å². The number of rotatable bonds is 8. The van der Waals surface area contributed by atoms with Gasteiger partial charge in [-0.05, 0) is 0 Å². The first-order valence-electron chi connectivity index (χ1n) is 6.16. The summed E-state index contributed by atoms with van der Waals surface area (Å²) in [6.45, 7) is 0.0704. The minimum absolute atomic E-state index is 0. The molecular weight excluding hydrogens is 421 g/mol. The Labute approximate surface area is 183 Å². The van der Waals surface area contributed by atoms with Gasteiger partial charge in [-0.25, -0.2) is 0 Å². The molecule has 0 amide bonds. The largest absolute Gasteiger partial charge is 1.00 e. The van der Waals surface area contributed by atoms with Gasteiger partial charge in [0.25, 0.3) is 0 Å². The van der Waals surface area contributed by atoms with Crippen LogP contribution >= 0.6 is 0 Å². The maximum Gasteiger partial charge on any atom is 1.00 e. The first-order chi connectivity index (χ1) is 10.4. The molecule has 0 aromatic heterocycles. The molecule has 0 atom stereocenters. The fraction of sp³-hybridized carbons (Fsp3) is 0.667. The van der Waals surface area contributed by atoms with E-state index in [1.807, 2.05) is 0 Å². The van der Waals surface area contributed by atoms with Crippen LogP contribution in [-0.2, 0) is 28.6 Å². The normalized spacial score (nSPS) is 11.1. The SMILES string of the molecule is CC[C-](C)C(=O)OCOC(=O)CC(=O)OCC(F)(F)C(F)(F)F.[Rb+]. The summed E-state index contributed by atoms with van der Waals surface area (Å²) >= 11 is 0. The number of halogens is 5. The van der Waals surface area contributed by atoms with E-state index in [1.165, 1.54) is 6.92 Å². The standard InChI is InChI=1S/C12H14F5O6.Rb/c1-3-7(2)10(20)23-6-22-9(19)4-8(18)21-5-11(13,14)12(15,16)17;/h3-6H2,1-2H3;/q-1;+1. The quantitative estimate of drug-likeness (QED) is 0.163. The van der Waals surface area contributed by atoms with Crippen molar-refractivity contribution < 1.29 is 109 Å². The molecule has 12 heteroatoms. The second-order valence-corrected chi connectivity index (χ2v) is 4.24. The van der Waals surface area contributed by atoms with Crippen molar-refractivity contribution >= 4 is 17.9 Å². The second kappa shape index (κ2) is 11.4. The molecule has 0 aromatic carbocycles. The number of esters is 3. The van der Waals surface area contributed by atoms with E-state index in [0.717, 1.165) is 0 Å². The average Bonchev–Trinajstić information content (AvgIpc) is 2.42. The molecule has 0 radical (unpaired) electrons. The van der Waals surface area contributed by atoms with E-state index in [2.05, 4.69) is 14.2 Å². The van der Waals surface area contributed by atoms with Gasteiger partial charge in [0.15, 0.2) is 12.6 Å². The molecule has 0 rings (SSSR count). The summed E-state index contributed by atoms with van der Waals surface area (Å²) in [6, 6.07) is 0. The fourth-order valence-corrected chi connectivity index (χ4v) is 0.889. The van der Waals surface area contributed by atoms with Crippen LogP contribution in [0.3, 0.4) is 0 Å². The summed E-state index contributed by atoms with van der Waals surface area (Å²) in [5.74, 6) is -8.58. The molecule has 0 aliphatic heterocycles. The Morgan fingerprint density at radius 2 is 1.46 bits per heavy atom. The molecule has 0 fully saturated rings. The van der Waals surface area contributed by atoms with E-state index in [4.69, 9.17) is 0 Å². The van der Waals surface area contributed by atoms with E-state index in [1.54, 1.807) is 6.92 Å². The number of alkyl halides is 5. The van der Waals surface area contributed by atoms with Gasteiger partial charge in [0.1, 0.15) is 6.42 Å². The Bertz CT molecular complexity index is 440. The van der Waals surface area contributed by atoms with Gasteiger partial charge in [0.2, 0.25) is 6.79 Å². The Balaban J connectivity index is 0. The summed E-state index contributed by atoms with van der Waals surface area (Å²) in [7, 11) is 0. The molecule has 0 saturated heterocycles. The average molecular weight is 435 g/mol. The molecule has 0 heterocycles. The van der Waals surface area contributed by atoms with E-state index in [0.29, 0.717) is 12.3 Å². The van der Waals surface area contributed by atoms with Crippen LogP contribution in [0.25, 0.3) is 0 Å². The number of ether oxygens (including phenoxy) is 3. The summed E-state index contributed by atoms with van der Waals surface area (Å²) < 4.78 is 72.7. The summed E-state index contributed by atoms with van der Waals surface area (Å²) in [5.41, 5.74) is 0. The zero-order valence-corrected chi connectivity index (χ0v) is 18.1. The molecule has 0 saturated carbocycles. The van der Waals surface area contributed by atoms with Gasteiger partial charge in [-0.1, -0.05) is 6.92 Å². The maximum absolute atomic E-state index is 12.5. The van der Waals surface area contributed by atoms with Crippen molar-refractivity contribution in [3.8, 4) is 0 Å². The predicted molar refractivity (Wildman–Crippen MR) is 62.8 cm³/mol. The Hall–Kier alpha value is -0.265. The monoisotopic (exact) mass is 434 g/mol. The molecule has 0 unspecified atom stereocenters. The Kier molecular flexibility index (Phi) is 12.3. The van der Waals surface area contributed by atoms with Gasteiger partial charge in [-0.3, -0.25) is 20.3 Å². The molecule has 24 heavy (non-hydrogen) atoms. The molecule has 0 N–H and O–H groups in total. The molecule has 0 aliphatic rings. The van der Waals surface area contributed by atoms with Crippen molar-refractivity contribution in [2.75, 3.05) is 13.4 Å². The zero-order chi connectivity index (χ0) is 18.3. The van der Waals surface area contributed by atoms with Crippen molar-refractivity contribution in [1.82, 2.24) is 0 Å². The third-order valence-corrected chi connectivity index (χ3v) is 2.41. The number of carbonyl (C=O) groups excluding carboxylic acids is 3. The minimum Gasteiger partial charge on any atom is -0.458 e. The van der Waals surface area contributed by atoms with Crippen molar-refractivity contribution in [2.24, 2.45) is 0 Å². The van der Waals surface area contributed by atoms with Gasteiger partial charge in [0, 0.05) is 0 Å². The van der Waals surface area contributed by atoms with Crippen LogP contribution in [0.5, 0.6) is 0 Å². The number of hydrogen-bond donors (Lipinski definition) is 0. The molecule has 0 bridgehead atoms. The fourth-order valence-electron chi connectivity index (χ4n) is 0.889. The van der Waals surface area contributed by atoms with E-state index in [-0.39, 0.29) is 58.2 Å². The van der Waals surface area contributed by atoms with Gasteiger partial charge in [-0.2, -0.15) is 35.3 Å². The van der Waals surface area contributed by atoms with Crippen molar-refractivity contribution in [2.45, 2.75) is 38.8 Å². The number of carbonyl (C=O) groups is 3. The van der Waals surface area contributed by atoms with Crippen LogP contribution < -0.4 is 58.2 Å². The third kappa shape index (κ3) is 9.89. The minimum atomic E-state index is -5.88. The van der Waals surface area contributed by atoms with Crippen LogP contribution in [0, 0.1) is 5.92 Å². The van der Waals surface area contributed by atoms with Crippen LogP contribution in [0.2, 0.25) is 0 Å². The van der Waals surface area contributed by atoms with Crippen molar-refractivity contribution in [1.29, 1.82) is 0 Å². The molecule has 0 aromatic rings. The Morgan fingerprint density at radius 1 is 0.958 bits per heavy atom. The van der Waals surface area contributed by atoms with E-state index >= 15 is 0 Å². The van der Waals surface area contributed by atoms with Crippen LogP contribution in [0.4, 0.5) is 22.0 Å². The summed E-state index contributed by atoms with van der Waals surface area (Å²) in [6.07, 6.45) is -6.69. The first kappa shape index (κ1) is 26.0. The molecule has 0 spiro atoms. The third-order valence-electron chi connectivity index (χ3n) is 2.41. The smallest absolute Gasteiger partial charge is 0.458 e. The Morgan fingerprint density at radius 3 is 1.92 bits per heavy atom.